The van der Waals surface area contributed by atoms with E-state index >= 15 is 0 Å². The first-order valence-corrected chi connectivity index (χ1v) is 5.97. The van der Waals surface area contributed by atoms with E-state index in [0.29, 0.717) is 12.5 Å². The van der Waals surface area contributed by atoms with E-state index in [9.17, 15) is 0 Å². The van der Waals surface area contributed by atoms with Crippen LogP contribution in [-0.2, 0) is 6.54 Å². The van der Waals surface area contributed by atoms with E-state index in [4.69, 9.17) is 5.73 Å². The molecular weight excluding hydrogens is 210 g/mol. The fraction of sp³-hybridized carbons (Fsp3) is 0.357. The molecule has 1 aromatic heterocycles. The Hall–Kier alpha value is -1.61. The zero-order valence-electron chi connectivity index (χ0n) is 10.6. The van der Waals surface area contributed by atoms with Crippen LogP contribution in [0.2, 0.25) is 0 Å². The van der Waals surface area contributed by atoms with Gasteiger partial charge in [0, 0.05) is 12.7 Å². The summed E-state index contributed by atoms with van der Waals surface area (Å²) in [6.45, 7) is 6.90. The van der Waals surface area contributed by atoms with Crippen molar-refractivity contribution in [2.75, 3.05) is 0 Å². The van der Waals surface area contributed by atoms with Crippen LogP contribution in [0.25, 0.3) is 5.69 Å². The van der Waals surface area contributed by atoms with Gasteiger partial charge < -0.3 is 5.73 Å². The first-order valence-electron chi connectivity index (χ1n) is 5.97. The van der Waals surface area contributed by atoms with Crippen molar-refractivity contribution < 1.29 is 0 Å². The Morgan fingerprint density at radius 2 is 2.06 bits per heavy atom. The average Bonchev–Trinajstić information content (AvgIpc) is 2.78. The second kappa shape index (κ2) is 4.72. The van der Waals surface area contributed by atoms with Crippen molar-refractivity contribution in [3.8, 4) is 5.69 Å². The van der Waals surface area contributed by atoms with Crippen LogP contribution in [-0.4, -0.2) is 9.78 Å². The normalized spacial score (nSPS) is 11.1. The van der Waals surface area contributed by atoms with E-state index in [2.05, 4.69) is 50.1 Å². The highest BCUT2D eigenvalue weighted by molar-refractivity contribution is 5.43. The van der Waals surface area contributed by atoms with Gasteiger partial charge in [0.25, 0.3) is 0 Å². The third-order valence-corrected chi connectivity index (χ3v) is 2.90. The standard InChI is InChI=1S/C14H19N3/c1-10(2)13-6-7-17(16-13)14-5-4-11(3)8-12(14)9-15/h4-8,10H,9,15H2,1-3H3. The summed E-state index contributed by atoms with van der Waals surface area (Å²) in [4.78, 5) is 0. The molecule has 3 heteroatoms. The number of aryl methyl sites for hydroxylation is 1. The Balaban J connectivity index is 2.44. The summed E-state index contributed by atoms with van der Waals surface area (Å²) in [7, 11) is 0. The minimum Gasteiger partial charge on any atom is -0.326 e. The van der Waals surface area contributed by atoms with Crippen LogP contribution in [0.3, 0.4) is 0 Å². The van der Waals surface area contributed by atoms with Crippen molar-refractivity contribution in [2.45, 2.75) is 33.2 Å². The molecule has 1 heterocycles. The highest BCUT2D eigenvalue weighted by Crippen LogP contribution is 2.18. The molecule has 0 saturated heterocycles. The number of nitrogens with two attached hydrogens (primary N) is 1. The molecule has 2 N–H and O–H groups in total. The molecular formula is C14H19N3. The van der Waals surface area contributed by atoms with Gasteiger partial charge in [-0.15, -0.1) is 0 Å². The minimum absolute atomic E-state index is 0.447. The average molecular weight is 229 g/mol. The maximum absolute atomic E-state index is 5.78. The van der Waals surface area contributed by atoms with E-state index < -0.39 is 0 Å². The summed E-state index contributed by atoms with van der Waals surface area (Å²) in [6, 6.07) is 8.34. The van der Waals surface area contributed by atoms with E-state index in [1.807, 2.05) is 10.9 Å². The predicted octanol–water partition coefficient (Wildman–Crippen LogP) is 2.76. The first-order chi connectivity index (χ1) is 8.11. The molecule has 0 spiro atoms. The molecule has 0 unspecified atom stereocenters. The third kappa shape index (κ3) is 2.39. The van der Waals surface area contributed by atoms with Crippen LogP contribution in [0.4, 0.5) is 0 Å². The fourth-order valence-corrected chi connectivity index (χ4v) is 1.88. The molecule has 0 fully saturated rings. The maximum Gasteiger partial charge on any atom is 0.0690 e. The van der Waals surface area contributed by atoms with Gasteiger partial charge >= 0.3 is 0 Å². The lowest BCUT2D eigenvalue weighted by molar-refractivity contribution is 0.763. The number of aromatic nitrogens is 2. The van der Waals surface area contributed by atoms with Crippen molar-refractivity contribution in [1.29, 1.82) is 0 Å². The zero-order valence-corrected chi connectivity index (χ0v) is 10.6. The van der Waals surface area contributed by atoms with E-state index in [0.717, 1.165) is 16.9 Å². The van der Waals surface area contributed by atoms with Crippen LogP contribution in [0, 0.1) is 6.92 Å². The lowest BCUT2D eigenvalue weighted by atomic mass is 10.1. The smallest absolute Gasteiger partial charge is 0.0690 e. The summed E-state index contributed by atoms with van der Waals surface area (Å²) in [5.74, 6) is 0.447. The van der Waals surface area contributed by atoms with Gasteiger partial charge in [0.2, 0.25) is 0 Å². The van der Waals surface area contributed by atoms with Crippen LogP contribution < -0.4 is 5.73 Å². The number of benzene rings is 1. The lowest BCUT2D eigenvalue weighted by Gasteiger charge is -2.09. The molecule has 2 rings (SSSR count). The Morgan fingerprint density at radius 1 is 1.29 bits per heavy atom. The number of hydrogen-bond donors (Lipinski definition) is 1. The summed E-state index contributed by atoms with van der Waals surface area (Å²) in [5.41, 5.74) is 10.3. The predicted molar refractivity (Wildman–Crippen MR) is 70.3 cm³/mol. The molecule has 17 heavy (non-hydrogen) atoms. The van der Waals surface area contributed by atoms with Crippen LogP contribution in [0.1, 0.15) is 36.6 Å². The van der Waals surface area contributed by atoms with Crippen molar-refractivity contribution >= 4 is 0 Å². The number of nitrogens with zero attached hydrogens (tertiary/aromatic N) is 2. The Kier molecular flexibility index (Phi) is 3.29. The molecule has 0 aliphatic heterocycles. The second-order valence-corrected chi connectivity index (χ2v) is 4.68. The zero-order chi connectivity index (χ0) is 12.4. The summed E-state index contributed by atoms with van der Waals surface area (Å²) in [5, 5.41) is 4.58. The molecule has 0 amide bonds. The minimum atomic E-state index is 0.447. The largest absolute Gasteiger partial charge is 0.326 e. The van der Waals surface area contributed by atoms with Gasteiger partial charge in [0.15, 0.2) is 0 Å². The second-order valence-electron chi connectivity index (χ2n) is 4.68. The Bertz CT molecular complexity index is 512. The summed E-state index contributed by atoms with van der Waals surface area (Å²) in [6.07, 6.45) is 2.00. The molecule has 2 aromatic rings. The maximum atomic E-state index is 5.78. The monoisotopic (exact) mass is 229 g/mol. The molecule has 0 aliphatic carbocycles. The molecule has 0 aliphatic rings. The highest BCUT2D eigenvalue weighted by Gasteiger charge is 2.07. The van der Waals surface area contributed by atoms with Crippen molar-refractivity contribution in [3.05, 3.63) is 47.3 Å². The fourth-order valence-electron chi connectivity index (χ4n) is 1.88. The lowest BCUT2D eigenvalue weighted by Crippen LogP contribution is -2.06. The van der Waals surface area contributed by atoms with Gasteiger partial charge in [-0.05, 0) is 30.5 Å². The van der Waals surface area contributed by atoms with Crippen LogP contribution in [0.5, 0.6) is 0 Å². The van der Waals surface area contributed by atoms with Crippen molar-refractivity contribution in [3.63, 3.8) is 0 Å². The molecule has 0 bridgehead atoms. The van der Waals surface area contributed by atoms with E-state index in [1.54, 1.807) is 0 Å². The molecule has 0 atom stereocenters. The van der Waals surface area contributed by atoms with Crippen molar-refractivity contribution in [2.24, 2.45) is 5.73 Å². The van der Waals surface area contributed by atoms with Gasteiger partial charge in [-0.25, -0.2) is 4.68 Å². The molecule has 3 nitrogen and oxygen atoms in total. The SMILES string of the molecule is Cc1ccc(-n2ccc(C(C)C)n2)c(CN)c1. The summed E-state index contributed by atoms with van der Waals surface area (Å²) < 4.78 is 1.91. The quantitative estimate of drug-likeness (QED) is 0.879. The topological polar surface area (TPSA) is 43.8 Å². The Labute approximate surface area is 102 Å². The Morgan fingerprint density at radius 3 is 2.65 bits per heavy atom. The molecule has 0 radical (unpaired) electrons. The highest BCUT2D eigenvalue weighted by atomic mass is 15.3. The van der Waals surface area contributed by atoms with Crippen LogP contribution >= 0.6 is 0 Å². The summed E-state index contributed by atoms with van der Waals surface area (Å²) >= 11 is 0. The molecule has 90 valence electrons. The van der Waals surface area contributed by atoms with Gasteiger partial charge in [-0.3, -0.25) is 0 Å². The molecule has 0 saturated carbocycles. The van der Waals surface area contributed by atoms with E-state index in [-0.39, 0.29) is 0 Å². The van der Waals surface area contributed by atoms with Gasteiger partial charge in [-0.1, -0.05) is 31.5 Å². The van der Waals surface area contributed by atoms with Crippen molar-refractivity contribution in [1.82, 2.24) is 9.78 Å². The number of rotatable bonds is 3. The van der Waals surface area contributed by atoms with E-state index in [1.165, 1.54) is 5.56 Å². The number of hydrogen-bond acceptors (Lipinski definition) is 2. The third-order valence-electron chi connectivity index (χ3n) is 2.90. The van der Waals surface area contributed by atoms with Gasteiger partial charge in [0.1, 0.15) is 0 Å². The van der Waals surface area contributed by atoms with Crippen LogP contribution in [0.15, 0.2) is 30.5 Å². The molecule has 1 aromatic carbocycles. The van der Waals surface area contributed by atoms with Gasteiger partial charge in [0.05, 0.1) is 11.4 Å². The van der Waals surface area contributed by atoms with Gasteiger partial charge in [-0.2, -0.15) is 5.10 Å². The first kappa shape index (κ1) is 11.9.